The van der Waals surface area contributed by atoms with Gasteiger partial charge in [-0.25, -0.2) is 10.2 Å². The predicted molar refractivity (Wildman–Crippen MR) is 156 cm³/mol. The highest BCUT2D eigenvalue weighted by Gasteiger charge is 2.22. The molecule has 0 aliphatic carbocycles. The summed E-state index contributed by atoms with van der Waals surface area (Å²) in [6.07, 6.45) is 2.22. The molecule has 0 unspecified atom stereocenters. The van der Waals surface area contributed by atoms with Gasteiger partial charge in [0.15, 0.2) is 0 Å². The van der Waals surface area contributed by atoms with Crippen LogP contribution in [0, 0.1) is 0 Å². The summed E-state index contributed by atoms with van der Waals surface area (Å²) in [5.41, 5.74) is 7.22. The van der Waals surface area contributed by atoms with Crippen molar-refractivity contribution in [3.63, 3.8) is 0 Å². The molecule has 194 valence electrons. The first-order valence-electron chi connectivity index (χ1n) is 12.2. The van der Waals surface area contributed by atoms with Gasteiger partial charge in [0, 0.05) is 37.6 Å². The number of hydrogen-bond acceptors (Lipinski definition) is 4. The molecule has 5 rings (SSSR count). The Morgan fingerprint density at radius 1 is 0.923 bits per heavy atom. The quantitative estimate of drug-likeness (QED) is 0.0933. The number of H-pyrrole nitrogens is 1. The number of carbonyl (C=O) groups excluding carboxylic acids is 2. The summed E-state index contributed by atoms with van der Waals surface area (Å²) in [4.78, 5) is 29.3. The number of benzene rings is 4. The Bertz CT molecular complexity index is 1710. The molecule has 1 amide bonds. The molecule has 0 saturated carbocycles. The third-order valence-electron chi connectivity index (χ3n) is 6.24. The number of hydrazone groups is 1. The molecule has 39 heavy (non-hydrogen) atoms. The second-order valence-corrected chi connectivity index (χ2v) is 9.53. The van der Waals surface area contributed by atoms with Crippen LogP contribution in [0.25, 0.3) is 22.0 Å². The first-order chi connectivity index (χ1) is 19.0. The number of nitrogens with one attached hydrogen (secondary N) is 2. The molecule has 1 heterocycles. The van der Waals surface area contributed by atoms with Gasteiger partial charge in [-0.15, -0.1) is 0 Å². The predicted octanol–water partition coefficient (Wildman–Crippen LogP) is 7.69. The molecule has 0 aliphatic rings. The van der Waals surface area contributed by atoms with Crippen molar-refractivity contribution in [2.75, 3.05) is 0 Å². The number of hydrogen-bond donors (Lipinski definition) is 2. The van der Waals surface area contributed by atoms with Crippen LogP contribution in [-0.4, -0.2) is 23.1 Å². The Hall–Kier alpha value is -4.39. The summed E-state index contributed by atoms with van der Waals surface area (Å²) in [6, 6.07) is 26.7. The van der Waals surface area contributed by atoms with Gasteiger partial charge in [-0.05, 0) is 54.4 Å². The van der Waals surface area contributed by atoms with Gasteiger partial charge in [-0.2, -0.15) is 5.10 Å². The summed E-state index contributed by atoms with van der Waals surface area (Å²) in [5, 5.41) is 6.11. The van der Waals surface area contributed by atoms with E-state index in [1.807, 2.05) is 36.4 Å². The average molecular weight is 556 g/mol. The second-order valence-electron chi connectivity index (χ2n) is 8.68. The van der Waals surface area contributed by atoms with Crippen LogP contribution in [0.5, 0.6) is 5.75 Å². The highest BCUT2D eigenvalue weighted by atomic mass is 35.5. The number of aromatic nitrogens is 1. The molecule has 6 nitrogen and oxygen atoms in total. The lowest BCUT2D eigenvalue weighted by molar-refractivity contribution is 0.0734. The van der Waals surface area contributed by atoms with E-state index in [1.54, 1.807) is 54.6 Å². The minimum atomic E-state index is -0.536. The maximum atomic E-state index is 13.4. The lowest BCUT2D eigenvalue weighted by atomic mass is 9.99. The number of para-hydroxylation sites is 2. The van der Waals surface area contributed by atoms with E-state index in [2.05, 4.69) is 22.4 Å². The van der Waals surface area contributed by atoms with Gasteiger partial charge >= 0.3 is 5.97 Å². The van der Waals surface area contributed by atoms with E-state index < -0.39 is 11.9 Å². The summed E-state index contributed by atoms with van der Waals surface area (Å²) in [6.45, 7) is 2.06. The van der Waals surface area contributed by atoms with Crippen LogP contribution in [0.4, 0.5) is 0 Å². The van der Waals surface area contributed by atoms with Gasteiger partial charge in [0.1, 0.15) is 11.4 Å². The number of halogens is 2. The fourth-order valence-electron chi connectivity index (χ4n) is 4.33. The van der Waals surface area contributed by atoms with E-state index in [4.69, 9.17) is 27.9 Å². The van der Waals surface area contributed by atoms with Crippen LogP contribution in [-0.2, 0) is 6.42 Å². The monoisotopic (exact) mass is 555 g/mol. The Labute approximate surface area is 235 Å². The molecule has 0 fully saturated rings. The maximum absolute atomic E-state index is 13.4. The third-order valence-corrected chi connectivity index (χ3v) is 6.82. The van der Waals surface area contributed by atoms with Gasteiger partial charge in [0.05, 0.1) is 11.8 Å². The van der Waals surface area contributed by atoms with E-state index >= 15 is 0 Å². The molecule has 8 heteroatoms. The van der Waals surface area contributed by atoms with Crippen LogP contribution in [0.15, 0.2) is 96.1 Å². The minimum absolute atomic E-state index is 0.297. The molecule has 0 aliphatic heterocycles. The van der Waals surface area contributed by atoms with Gasteiger partial charge in [0.25, 0.3) is 5.91 Å². The SMILES string of the molecule is CCc1cccc2c(-c3ccccc3Cl)c(C(=O)NN=Cc3ccccc3OC(=O)c3ccc(Cl)cc3)[nH]c12. The molecule has 4 aromatic carbocycles. The van der Waals surface area contributed by atoms with Crippen molar-refractivity contribution in [2.45, 2.75) is 13.3 Å². The molecule has 0 bridgehead atoms. The minimum Gasteiger partial charge on any atom is -0.422 e. The van der Waals surface area contributed by atoms with Crippen molar-refractivity contribution in [1.82, 2.24) is 10.4 Å². The maximum Gasteiger partial charge on any atom is 0.343 e. The standard InChI is InChI=1S/C31H23Cl2N3O3/c1-2-19-9-7-11-24-27(23-10-4-5-12-25(23)33)29(35-28(19)24)30(37)36-34-18-21-8-3-6-13-26(21)39-31(38)20-14-16-22(32)17-15-20/h3-18,35H,2H2,1H3,(H,36,37). The molecular formula is C31H23Cl2N3O3. The number of fused-ring (bicyclic) bond motifs is 1. The Morgan fingerprint density at radius 2 is 1.67 bits per heavy atom. The van der Waals surface area contributed by atoms with Crippen molar-refractivity contribution in [3.8, 4) is 16.9 Å². The summed E-state index contributed by atoms with van der Waals surface area (Å²) < 4.78 is 5.56. The normalized spacial score (nSPS) is 11.2. The molecule has 0 atom stereocenters. The highest BCUT2D eigenvalue weighted by molar-refractivity contribution is 6.34. The summed E-state index contributed by atoms with van der Waals surface area (Å²) in [5.74, 6) is -0.675. The van der Waals surface area contributed by atoms with Gasteiger partial charge in [-0.1, -0.05) is 78.7 Å². The van der Waals surface area contributed by atoms with E-state index in [1.165, 1.54) is 6.21 Å². The summed E-state index contributed by atoms with van der Waals surface area (Å²) in [7, 11) is 0. The van der Waals surface area contributed by atoms with E-state index in [0.717, 1.165) is 28.5 Å². The third kappa shape index (κ3) is 5.58. The topological polar surface area (TPSA) is 83.5 Å². The van der Waals surface area contributed by atoms with E-state index in [9.17, 15) is 9.59 Å². The van der Waals surface area contributed by atoms with Crippen molar-refractivity contribution in [2.24, 2.45) is 5.10 Å². The highest BCUT2D eigenvalue weighted by Crippen LogP contribution is 2.37. The molecule has 1 aromatic heterocycles. The zero-order chi connectivity index (χ0) is 27.4. The number of esters is 1. The fraction of sp³-hybridized carbons (Fsp3) is 0.0645. The smallest absolute Gasteiger partial charge is 0.343 e. The van der Waals surface area contributed by atoms with Crippen LogP contribution >= 0.6 is 23.2 Å². The lowest BCUT2D eigenvalue weighted by Gasteiger charge is -2.08. The first kappa shape index (κ1) is 26.2. The number of rotatable bonds is 7. The lowest BCUT2D eigenvalue weighted by Crippen LogP contribution is -2.19. The zero-order valence-electron chi connectivity index (χ0n) is 20.9. The fourth-order valence-corrected chi connectivity index (χ4v) is 4.68. The van der Waals surface area contributed by atoms with Crippen molar-refractivity contribution >= 4 is 52.2 Å². The van der Waals surface area contributed by atoms with Crippen molar-refractivity contribution in [3.05, 3.63) is 123 Å². The van der Waals surface area contributed by atoms with E-state index in [0.29, 0.717) is 38.2 Å². The number of carbonyl (C=O) groups is 2. The zero-order valence-corrected chi connectivity index (χ0v) is 22.4. The largest absolute Gasteiger partial charge is 0.422 e. The number of aryl methyl sites for hydroxylation is 1. The Kier molecular flexibility index (Phi) is 7.77. The van der Waals surface area contributed by atoms with Crippen molar-refractivity contribution < 1.29 is 14.3 Å². The second kappa shape index (κ2) is 11.6. The number of nitrogens with zero attached hydrogens (tertiary/aromatic N) is 1. The van der Waals surface area contributed by atoms with Crippen molar-refractivity contribution in [1.29, 1.82) is 0 Å². The van der Waals surface area contributed by atoms with Crippen LogP contribution in [0.1, 0.15) is 38.9 Å². The molecule has 0 radical (unpaired) electrons. The molecule has 0 spiro atoms. The number of aromatic amines is 1. The molecule has 0 saturated heterocycles. The average Bonchev–Trinajstić information content (AvgIpc) is 3.34. The van der Waals surface area contributed by atoms with Gasteiger partial charge < -0.3 is 9.72 Å². The van der Waals surface area contributed by atoms with Crippen LogP contribution in [0.3, 0.4) is 0 Å². The van der Waals surface area contributed by atoms with Crippen LogP contribution < -0.4 is 10.2 Å². The summed E-state index contributed by atoms with van der Waals surface area (Å²) >= 11 is 12.4. The number of ether oxygens (including phenoxy) is 1. The number of amides is 1. The first-order valence-corrected chi connectivity index (χ1v) is 13.0. The molecule has 2 N–H and O–H groups in total. The Morgan fingerprint density at radius 3 is 2.44 bits per heavy atom. The van der Waals surface area contributed by atoms with Gasteiger partial charge in [0.2, 0.25) is 0 Å². The van der Waals surface area contributed by atoms with E-state index in [-0.39, 0.29) is 0 Å². The van der Waals surface area contributed by atoms with Gasteiger partial charge in [-0.3, -0.25) is 4.79 Å². The van der Waals surface area contributed by atoms with Crippen LogP contribution in [0.2, 0.25) is 10.0 Å². The molecule has 5 aromatic rings. The Balaban J connectivity index is 1.42. The molecular weight excluding hydrogens is 533 g/mol.